The van der Waals surface area contributed by atoms with Crippen molar-refractivity contribution in [2.75, 3.05) is 34.4 Å². The zero-order valence-electron chi connectivity index (χ0n) is 24.2. The summed E-state index contributed by atoms with van der Waals surface area (Å²) in [6.07, 6.45) is 20.2. The van der Waals surface area contributed by atoms with Crippen LogP contribution in [0.4, 0.5) is 0 Å². The van der Waals surface area contributed by atoms with Gasteiger partial charge in [-0.3, -0.25) is 0 Å². The monoisotopic (exact) mass is 515 g/mol. The van der Waals surface area contributed by atoms with E-state index in [1.54, 1.807) is 0 Å². The van der Waals surface area contributed by atoms with Gasteiger partial charge in [-0.05, 0) is 72.5 Å². The summed E-state index contributed by atoms with van der Waals surface area (Å²) < 4.78 is 4.98. The maximum Gasteiger partial charge on any atom is 0.234 e. The van der Waals surface area contributed by atoms with Crippen molar-refractivity contribution in [3.05, 3.63) is 0 Å². The maximum atomic E-state index is 10.6. The molecule has 7 heteroatoms. The molecular weight excluding hydrogens is 458 g/mol. The SMILES string of the molecule is CCCOCC.CN(C)C.O=CCCC1CCC2(CC1)OOC1(CCCCCCCCCCC1)OO2. The summed E-state index contributed by atoms with van der Waals surface area (Å²) in [4.78, 5) is 36.1. The quantitative estimate of drug-likeness (QED) is 0.208. The van der Waals surface area contributed by atoms with Crippen molar-refractivity contribution in [3.63, 3.8) is 0 Å². The highest BCUT2D eigenvalue weighted by atomic mass is 17.4. The standard InChI is InChI=1S/C21H36O5.C5H12O.C3H9N/c22-18-10-11-19-12-16-21(17-13-19)25-23-20(24-26-21)14-8-6-4-2-1-3-5-7-9-15-20;1-3-5-6-4-2;1-4(2)3/h18-19H,1-17H2;3-5H2,1-2H3;1-3H3. The summed E-state index contributed by atoms with van der Waals surface area (Å²) in [5.74, 6) is -0.888. The summed E-state index contributed by atoms with van der Waals surface area (Å²) in [5.41, 5.74) is 0. The molecule has 1 heterocycles. The van der Waals surface area contributed by atoms with Crippen LogP contribution in [0.5, 0.6) is 0 Å². The van der Waals surface area contributed by atoms with Gasteiger partial charge in [0.1, 0.15) is 6.29 Å². The highest BCUT2D eigenvalue weighted by Gasteiger charge is 2.49. The van der Waals surface area contributed by atoms with E-state index < -0.39 is 11.6 Å². The van der Waals surface area contributed by atoms with Crippen LogP contribution >= 0.6 is 0 Å². The number of rotatable bonds is 6. The van der Waals surface area contributed by atoms with Crippen molar-refractivity contribution >= 4 is 6.29 Å². The first-order valence-corrected chi connectivity index (χ1v) is 14.8. The lowest BCUT2D eigenvalue weighted by atomic mass is 9.83. The number of carbonyl (C=O) groups excluding carboxylic acids is 1. The molecular formula is C29H57NO6. The number of hydrogen-bond donors (Lipinski definition) is 0. The second-order valence-corrected chi connectivity index (χ2v) is 11.1. The minimum atomic E-state index is -0.743. The molecule has 3 fully saturated rings. The van der Waals surface area contributed by atoms with Crippen LogP contribution in [0.25, 0.3) is 0 Å². The van der Waals surface area contributed by atoms with Crippen LogP contribution in [0, 0.1) is 5.92 Å². The smallest absolute Gasteiger partial charge is 0.234 e. The molecule has 0 aromatic rings. The molecule has 1 saturated heterocycles. The van der Waals surface area contributed by atoms with Crippen LogP contribution in [-0.2, 0) is 29.1 Å². The molecule has 214 valence electrons. The molecule has 2 aliphatic carbocycles. The maximum absolute atomic E-state index is 10.6. The Hall–Kier alpha value is -0.570. The van der Waals surface area contributed by atoms with Crippen molar-refractivity contribution in [3.8, 4) is 0 Å². The van der Waals surface area contributed by atoms with E-state index in [1.165, 1.54) is 44.9 Å². The molecule has 0 N–H and O–H groups in total. The van der Waals surface area contributed by atoms with Crippen LogP contribution in [0.2, 0.25) is 0 Å². The van der Waals surface area contributed by atoms with E-state index in [9.17, 15) is 4.79 Å². The fraction of sp³-hybridized carbons (Fsp3) is 0.966. The van der Waals surface area contributed by atoms with Gasteiger partial charge in [0.05, 0.1) is 0 Å². The largest absolute Gasteiger partial charge is 0.382 e. The van der Waals surface area contributed by atoms with E-state index in [2.05, 4.69) is 6.92 Å². The summed E-state index contributed by atoms with van der Waals surface area (Å²) in [6, 6.07) is 0. The summed E-state index contributed by atoms with van der Waals surface area (Å²) in [5, 5.41) is 0. The predicted molar refractivity (Wildman–Crippen MR) is 144 cm³/mol. The number of carbonyl (C=O) groups is 1. The molecule has 0 unspecified atom stereocenters. The van der Waals surface area contributed by atoms with Crippen molar-refractivity contribution in [1.82, 2.24) is 4.90 Å². The van der Waals surface area contributed by atoms with E-state index in [1.807, 2.05) is 33.0 Å². The highest BCUT2D eigenvalue weighted by Crippen LogP contribution is 2.44. The second kappa shape index (κ2) is 20.4. The first-order valence-electron chi connectivity index (χ1n) is 14.8. The van der Waals surface area contributed by atoms with Crippen LogP contribution < -0.4 is 0 Å². The number of nitrogens with zero attached hydrogens (tertiary/aromatic N) is 1. The predicted octanol–water partition coefficient (Wildman–Crippen LogP) is 7.37. The van der Waals surface area contributed by atoms with E-state index in [-0.39, 0.29) is 0 Å². The van der Waals surface area contributed by atoms with Gasteiger partial charge in [-0.2, -0.15) is 19.6 Å². The molecule has 0 atom stereocenters. The van der Waals surface area contributed by atoms with E-state index in [0.29, 0.717) is 12.3 Å². The fourth-order valence-electron chi connectivity index (χ4n) is 4.81. The summed E-state index contributed by atoms with van der Waals surface area (Å²) in [6.45, 7) is 5.88. The molecule has 2 saturated carbocycles. The van der Waals surface area contributed by atoms with Crippen molar-refractivity contribution in [2.24, 2.45) is 5.92 Å². The van der Waals surface area contributed by atoms with Crippen molar-refractivity contribution in [1.29, 1.82) is 0 Å². The van der Waals surface area contributed by atoms with E-state index in [0.717, 1.165) is 83.7 Å². The molecule has 2 spiro atoms. The van der Waals surface area contributed by atoms with E-state index >= 15 is 0 Å². The van der Waals surface area contributed by atoms with E-state index in [4.69, 9.17) is 24.3 Å². The Labute approximate surface area is 221 Å². The third kappa shape index (κ3) is 15.0. The number of ether oxygens (including phenoxy) is 1. The molecule has 7 nitrogen and oxygen atoms in total. The second-order valence-electron chi connectivity index (χ2n) is 11.1. The summed E-state index contributed by atoms with van der Waals surface area (Å²) >= 11 is 0. The number of aldehydes is 1. The average Bonchev–Trinajstić information content (AvgIpc) is 2.86. The van der Waals surface area contributed by atoms with Crippen LogP contribution in [0.15, 0.2) is 0 Å². The van der Waals surface area contributed by atoms with Gasteiger partial charge in [-0.1, -0.05) is 51.9 Å². The van der Waals surface area contributed by atoms with Crippen molar-refractivity contribution in [2.45, 2.75) is 141 Å². The first-order chi connectivity index (χ1) is 17.4. The van der Waals surface area contributed by atoms with Crippen LogP contribution in [0.3, 0.4) is 0 Å². The first kappa shape index (κ1) is 33.5. The molecule has 0 aromatic heterocycles. The number of hydrogen-bond acceptors (Lipinski definition) is 7. The lowest BCUT2D eigenvalue weighted by Gasteiger charge is -2.45. The minimum Gasteiger partial charge on any atom is -0.382 e. The fourth-order valence-corrected chi connectivity index (χ4v) is 4.81. The Morgan fingerprint density at radius 1 is 0.750 bits per heavy atom. The zero-order valence-corrected chi connectivity index (χ0v) is 24.2. The van der Waals surface area contributed by atoms with Gasteiger partial charge in [0, 0.05) is 45.3 Å². The van der Waals surface area contributed by atoms with Gasteiger partial charge in [-0.25, -0.2) is 0 Å². The van der Waals surface area contributed by atoms with Gasteiger partial charge < -0.3 is 14.4 Å². The highest BCUT2D eigenvalue weighted by molar-refractivity contribution is 5.49. The topological polar surface area (TPSA) is 66.5 Å². The molecule has 36 heavy (non-hydrogen) atoms. The molecule has 1 aliphatic heterocycles. The lowest BCUT2D eigenvalue weighted by molar-refractivity contribution is -0.662. The third-order valence-electron chi connectivity index (χ3n) is 6.92. The Morgan fingerprint density at radius 2 is 1.17 bits per heavy atom. The van der Waals surface area contributed by atoms with Gasteiger partial charge in [-0.15, -0.1) is 0 Å². The van der Waals surface area contributed by atoms with Crippen LogP contribution in [0.1, 0.15) is 129 Å². The molecule has 3 rings (SSSR count). The van der Waals surface area contributed by atoms with Gasteiger partial charge >= 0.3 is 0 Å². The normalized spacial score (nSPS) is 22.9. The summed E-state index contributed by atoms with van der Waals surface area (Å²) in [7, 11) is 6.00. The Bertz CT molecular complexity index is 491. The molecule has 0 radical (unpaired) electrons. The van der Waals surface area contributed by atoms with Gasteiger partial charge in [0.2, 0.25) is 11.6 Å². The third-order valence-corrected chi connectivity index (χ3v) is 6.92. The molecule has 0 aromatic carbocycles. The van der Waals surface area contributed by atoms with Crippen molar-refractivity contribution < 1.29 is 29.1 Å². The molecule has 0 bridgehead atoms. The van der Waals surface area contributed by atoms with Gasteiger partial charge in [0.15, 0.2) is 0 Å². The minimum absolute atomic E-state index is 0.579. The molecule has 0 amide bonds. The lowest BCUT2D eigenvalue weighted by Crippen LogP contribution is -2.52. The Morgan fingerprint density at radius 3 is 1.53 bits per heavy atom. The Kier molecular flexibility index (Phi) is 19.0. The van der Waals surface area contributed by atoms with Gasteiger partial charge in [0.25, 0.3) is 0 Å². The average molecular weight is 516 g/mol. The molecule has 3 aliphatic rings. The zero-order chi connectivity index (χ0) is 26.5. The van der Waals surface area contributed by atoms with Crippen LogP contribution in [-0.4, -0.2) is 57.1 Å². The Balaban J connectivity index is 0.000000551.